The number of benzene rings is 1. The zero-order valence-electron chi connectivity index (χ0n) is 15.2. The number of aryl methyl sites for hydroxylation is 1. The second-order valence-corrected chi connectivity index (χ2v) is 6.96. The molecule has 0 radical (unpaired) electrons. The van der Waals surface area contributed by atoms with E-state index in [9.17, 15) is 9.90 Å². The molecular formula is C19H22N6O2. The molecule has 0 bridgehead atoms. The van der Waals surface area contributed by atoms with E-state index >= 15 is 0 Å². The summed E-state index contributed by atoms with van der Waals surface area (Å²) in [5.74, 6) is 0.316. The lowest BCUT2D eigenvalue weighted by atomic mass is 10.1. The van der Waals surface area contributed by atoms with Crippen molar-refractivity contribution < 1.29 is 9.90 Å². The first-order valence-corrected chi connectivity index (χ1v) is 9.03. The molecule has 3 aromatic rings. The number of hydrogen-bond donors (Lipinski definition) is 2. The van der Waals surface area contributed by atoms with Crippen LogP contribution < -0.4 is 5.32 Å². The van der Waals surface area contributed by atoms with E-state index in [1.807, 2.05) is 48.6 Å². The van der Waals surface area contributed by atoms with Crippen molar-refractivity contribution in [3.63, 3.8) is 0 Å². The molecule has 1 amide bonds. The normalized spacial score (nSPS) is 15.9. The van der Waals surface area contributed by atoms with Crippen LogP contribution in [0.3, 0.4) is 0 Å². The number of aliphatic hydroxyl groups is 1. The lowest BCUT2D eigenvalue weighted by molar-refractivity contribution is -0.117. The number of carbonyl (C=O) groups is 1. The molecule has 0 aliphatic carbocycles. The molecule has 27 heavy (non-hydrogen) atoms. The molecule has 2 N–H and O–H groups in total. The van der Waals surface area contributed by atoms with Crippen molar-refractivity contribution in [1.82, 2.24) is 24.9 Å². The summed E-state index contributed by atoms with van der Waals surface area (Å²) < 4.78 is 1.76. The predicted molar refractivity (Wildman–Crippen MR) is 102 cm³/mol. The predicted octanol–water partition coefficient (Wildman–Crippen LogP) is 1.43. The van der Waals surface area contributed by atoms with Crippen molar-refractivity contribution in [3.05, 3.63) is 36.7 Å². The highest BCUT2D eigenvalue weighted by atomic mass is 16.3. The summed E-state index contributed by atoms with van der Waals surface area (Å²) in [5.41, 5.74) is 2.83. The van der Waals surface area contributed by atoms with Crippen molar-refractivity contribution in [2.75, 3.05) is 25.0 Å². The van der Waals surface area contributed by atoms with Crippen molar-refractivity contribution in [2.24, 2.45) is 7.05 Å². The van der Waals surface area contributed by atoms with Crippen LogP contribution in [0, 0.1) is 0 Å². The largest absolute Gasteiger partial charge is 0.393 e. The summed E-state index contributed by atoms with van der Waals surface area (Å²) in [6, 6.07) is 7.75. The number of piperidine rings is 1. The van der Waals surface area contributed by atoms with E-state index in [1.54, 1.807) is 4.68 Å². The minimum absolute atomic E-state index is 0.122. The molecule has 8 nitrogen and oxygen atoms in total. The molecule has 1 aliphatic heterocycles. The lowest BCUT2D eigenvalue weighted by Crippen LogP contribution is -2.40. The maximum atomic E-state index is 12.3. The van der Waals surface area contributed by atoms with E-state index < -0.39 is 0 Å². The molecule has 0 spiro atoms. The number of aromatic nitrogens is 4. The van der Waals surface area contributed by atoms with Gasteiger partial charge in [-0.05, 0) is 36.6 Å². The topological polar surface area (TPSA) is 96.2 Å². The summed E-state index contributed by atoms with van der Waals surface area (Å²) in [5, 5.41) is 25.8. The van der Waals surface area contributed by atoms with E-state index in [2.05, 4.69) is 20.6 Å². The number of amides is 1. The van der Waals surface area contributed by atoms with Crippen LogP contribution in [0.5, 0.6) is 0 Å². The number of aliphatic hydroxyl groups excluding tert-OH is 1. The number of likely N-dealkylation sites (tertiary alicyclic amines) is 1. The van der Waals surface area contributed by atoms with Gasteiger partial charge in [0.1, 0.15) is 0 Å². The molecule has 1 aliphatic rings. The van der Waals surface area contributed by atoms with Gasteiger partial charge in [0.15, 0.2) is 5.82 Å². The maximum Gasteiger partial charge on any atom is 0.239 e. The van der Waals surface area contributed by atoms with E-state index in [-0.39, 0.29) is 12.0 Å². The van der Waals surface area contributed by atoms with E-state index in [0.717, 1.165) is 35.1 Å². The van der Waals surface area contributed by atoms with Crippen LogP contribution in [0.1, 0.15) is 12.8 Å². The zero-order valence-corrected chi connectivity index (χ0v) is 15.2. The highest BCUT2D eigenvalue weighted by Crippen LogP contribution is 2.24. The Morgan fingerprint density at radius 3 is 2.78 bits per heavy atom. The van der Waals surface area contributed by atoms with Crippen molar-refractivity contribution >= 4 is 22.6 Å². The quantitative estimate of drug-likeness (QED) is 0.725. The molecule has 3 heterocycles. The molecule has 0 atom stereocenters. The fourth-order valence-corrected chi connectivity index (χ4v) is 3.32. The summed E-state index contributed by atoms with van der Waals surface area (Å²) in [6.07, 6.45) is 4.94. The monoisotopic (exact) mass is 366 g/mol. The summed E-state index contributed by atoms with van der Waals surface area (Å²) in [7, 11) is 1.88. The van der Waals surface area contributed by atoms with Gasteiger partial charge in [-0.15, -0.1) is 10.2 Å². The van der Waals surface area contributed by atoms with E-state index in [4.69, 9.17) is 0 Å². The lowest BCUT2D eigenvalue weighted by Gasteiger charge is -2.28. The fourth-order valence-electron chi connectivity index (χ4n) is 3.32. The van der Waals surface area contributed by atoms with Crippen LogP contribution in [0.4, 0.5) is 5.82 Å². The molecule has 2 aromatic heterocycles. The summed E-state index contributed by atoms with van der Waals surface area (Å²) >= 11 is 0. The Hall–Kier alpha value is -2.84. The Balaban J connectivity index is 1.48. The SMILES string of the molecule is Cn1cc(-c2ccc3nnc(NC(=O)CN4CCC(O)CC4)cc3c2)cn1. The average molecular weight is 366 g/mol. The summed E-state index contributed by atoms with van der Waals surface area (Å²) in [6.45, 7) is 1.75. The molecule has 1 fully saturated rings. The standard InChI is InChI=1S/C19H22N6O2/c1-24-11-15(10-20-24)13-2-3-17-14(8-13)9-18(23-22-17)21-19(27)12-25-6-4-16(26)5-7-25/h2-3,8-11,16,26H,4-7,12H2,1H3,(H,21,23,27). The first-order chi connectivity index (χ1) is 13.1. The fraction of sp³-hybridized carbons (Fsp3) is 0.368. The zero-order chi connectivity index (χ0) is 18.8. The third kappa shape index (κ3) is 4.12. The van der Waals surface area contributed by atoms with Gasteiger partial charge in [-0.2, -0.15) is 5.10 Å². The van der Waals surface area contributed by atoms with Gasteiger partial charge >= 0.3 is 0 Å². The Labute approximate surface area is 156 Å². The Kier molecular flexibility index (Phi) is 4.83. The van der Waals surface area contributed by atoms with Gasteiger partial charge in [-0.1, -0.05) is 6.07 Å². The van der Waals surface area contributed by atoms with Crippen molar-refractivity contribution in [3.8, 4) is 11.1 Å². The summed E-state index contributed by atoms with van der Waals surface area (Å²) in [4.78, 5) is 14.3. The van der Waals surface area contributed by atoms with E-state index in [0.29, 0.717) is 25.2 Å². The molecule has 4 rings (SSSR count). The van der Waals surface area contributed by atoms with Crippen molar-refractivity contribution in [2.45, 2.75) is 18.9 Å². The van der Waals surface area contributed by atoms with Crippen LogP contribution in [0.25, 0.3) is 22.0 Å². The number of carbonyl (C=O) groups excluding carboxylic acids is 1. The van der Waals surface area contributed by atoms with Gasteiger partial charge in [0.2, 0.25) is 5.91 Å². The molecule has 8 heteroatoms. The van der Waals surface area contributed by atoms with Gasteiger partial charge < -0.3 is 10.4 Å². The Morgan fingerprint density at radius 1 is 1.22 bits per heavy atom. The first kappa shape index (κ1) is 17.6. The number of rotatable bonds is 4. The van der Waals surface area contributed by atoms with Gasteiger partial charge in [0.25, 0.3) is 0 Å². The van der Waals surface area contributed by atoms with Crippen LogP contribution in [0.2, 0.25) is 0 Å². The first-order valence-electron chi connectivity index (χ1n) is 9.03. The van der Waals surface area contributed by atoms with Crippen LogP contribution in [0.15, 0.2) is 36.7 Å². The highest BCUT2D eigenvalue weighted by molar-refractivity contribution is 5.93. The number of nitrogens with one attached hydrogen (secondary N) is 1. The third-order valence-corrected chi connectivity index (χ3v) is 4.82. The van der Waals surface area contributed by atoms with Crippen LogP contribution in [-0.2, 0) is 11.8 Å². The Bertz CT molecular complexity index is 962. The average Bonchev–Trinajstić information content (AvgIpc) is 3.09. The highest BCUT2D eigenvalue weighted by Gasteiger charge is 2.19. The second-order valence-electron chi connectivity index (χ2n) is 6.96. The minimum Gasteiger partial charge on any atom is -0.393 e. The van der Waals surface area contributed by atoms with Crippen LogP contribution >= 0.6 is 0 Å². The third-order valence-electron chi connectivity index (χ3n) is 4.82. The smallest absolute Gasteiger partial charge is 0.239 e. The number of anilines is 1. The number of hydrogen-bond acceptors (Lipinski definition) is 6. The molecule has 0 saturated carbocycles. The van der Waals surface area contributed by atoms with Crippen molar-refractivity contribution in [1.29, 1.82) is 0 Å². The number of fused-ring (bicyclic) bond motifs is 1. The molecule has 1 aromatic carbocycles. The van der Waals surface area contributed by atoms with Gasteiger partial charge in [-0.25, -0.2) is 0 Å². The van der Waals surface area contributed by atoms with E-state index in [1.165, 1.54) is 0 Å². The Morgan fingerprint density at radius 2 is 2.04 bits per heavy atom. The maximum absolute atomic E-state index is 12.3. The molecule has 1 saturated heterocycles. The second kappa shape index (κ2) is 7.42. The van der Waals surface area contributed by atoms with Gasteiger partial charge in [-0.3, -0.25) is 14.4 Å². The molecular weight excluding hydrogens is 344 g/mol. The minimum atomic E-state index is -0.246. The molecule has 0 unspecified atom stereocenters. The number of nitrogens with zero attached hydrogens (tertiary/aromatic N) is 5. The van der Waals surface area contributed by atoms with Gasteiger partial charge in [0.05, 0.1) is 24.4 Å². The van der Waals surface area contributed by atoms with Gasteiger partial charge in [0, 0.05) is 37.3 Å². The molecule has 140 valence electrons. The van der Waals surface area contributed by atoms with Crippen LogP contribution in [-0.4, -0.2) is 61.6 Å².